The first-order valence-electron chi connectivity index (χ1n) is 12.2. The Morgan fingerprint density at radius 3 is 1.84 bits per heavy atom. The molecule has 2 atom stereocenters. The van der Waals surface area contributed by atoms with E-state index in [1.807, 2.05) is 6.07 Å². The average Bonchev–Trinajstić information content (AvgIpc) is 2.72. The summed E-state index contributed by atoms with van der Waals surface area (Å²) in [6, 6.07) is 6.41. The van der Waals surface area contributed by atoms with Crippen LogP contribution in [0.1, 0.15) is 74.3 Å². The maximum atomic E-state index is 13.2. The molecule has 0 aromatic heterocycles. The molecule has 1 aromatic carbocycles. The van der Waals surface area contributed by atoms with Crippen molar-refractivity contribution in [1.29, 1.82) is 0 Å². The van der Waals surface area contributed by atoms with E-state index in [-0.39, 0.29) is 13.2 Å². The van der Waals surface area contributed by atoms with Gasteiger partial charge in [-0.2, -0.15) is 0 Å². The van der Waals surface area contributed by atoms with Crippen LogP contribution in [0.3, 0.4) is 0 Å². The quantitative estimate of drug-likeness (QED) is 0.352. The van der Waals surface area contributed by atoms with Crippen molar-refractivity contribution < 1.29 is 38.1 Å². The van der Waals surface area contributed by atoms with Crippen LogP contribution in [-0.4, -0.2) is 59.4 Å². The normalized spacial score (nSPS) is 13.6. The monoisotopic (exact) mass is 522 g/mol. The zero-order chi connectivity index (χ0) is 28.4. The molecule has 0 saturated carbocycles. The summed E-state index contributed by atoms with van der Waals surface area (Å²) < 4.78 is 21.6. The number of ether oxygens (including phenoxy) is 4. The van der Waals surface area contributed by atoms with Gasteiger partial charge in [-0.15, -0.1) is 0 Å². The molecule has 208 valence electrons. The van der Waals surface area contributed by atoms with Crippen LogP contribution in [0.4, 0.5) is 4.79 Å². The van der Waals surface area contributed by atoms with E-state index < -0.39 is 59.2 Å². The Morgan fingerprint density at radius 2 is 1.32 bits per heavy atom. The van der Waals surface area contributed by atoms with E-state index in [9.17, 15) is 19.2 Å². The lowest BCUT2D eigenvalue weighted by Crippen LogP contribution is -2.55. The molecule has 1 rings (SSSR count). The minimum Gasteiger partial charge on any atom is -0.460 e. The molecule has 2 amide bonds. The number of nitrogens with one attached hydrogen (secondary N) is 2. The Morgan fingerprint density at radius 1 is 0.757 bits per heavy atom. The van der Waals surface area contributed by atoms with Crippen molar-refractivity contribution in [2.45, 2.75) is 104 Å². The van der Waals surface area contributed by atoms with Crippen LogP contribution in [-0.2, 0) is 39.9 Å². The Labute approximate surface area is 219 Å². The van der Waals surface area contributed by atoms with E-state index in [0.29, 0.717) is 0 Å². The standard InChI is InChI=1S/C27H42N2O8/c1-25(2,3)35-17-20(23(32)37-27(7,8)9)28-22(31)19(15-21(30)36-26(4,5)6)29-24(33)34-16-18-13-11-10-12-14-18/h10-14,19-20H,15-17H2,1-9H3,(H,28,31)(H,29,33)/t19-,20-/m0/s1. The molecule has 0 saturated heterocycles. The number of rotatable bonds is 10. The van der Waals surface area contributed by atoms with Gasteiger partial charge in [0.05, 0.1) is 18.6 Å². The summed E-state index contributed by atoms with van der Waals surface area (Å²) in [5.74, 6) is -2.22. The van der Waals surface area contributed by atoms with Crippen molar-refractivity contribution in [3.05, 3.63) is 35.9 Å². The number of carbonyl (C=O) groups is 4. The predicted octanol–water partition coefficient (Wildman–Crippen LogP) is 3.65. The van der Waals surface area contributed by atoms with Gasteiger partial charge in [0.1, 0.15) is 23.9 Å². The average molecular weight is 523 g/mol. The van der Waals surface area contributed by atoms with Gasteiger partial charge in [-0.25, -0.2) is 9.59 Å². The third-order valence-corrected chi connectivity index (χ3v) is 4.30. The molecule has 0 aliphatic carbocycles. The summed E-state index contributed by atoms with van der Waals surface area (Å²) in [5.41, 5.74) is -1.46. The molecule has 2 N–H and O–H groups in total. The maximum absolute atomic E-state index is 13.2. The van der Waals surface area contributed by atoms with Gasteiger partial charge in [-0.3, -0.25) is 9.59 Å². The SMILES string of the molecule is CC(C)(C)OC[C@H](NC(=O)[C@H](CC(=O)OC(C)(C)C)NC(=O)OCc1ccccc1)C(=O)OC(C)(C)C. The summed E-state index contributed by atoms with van der Waals surface area (Å²) in [6.45, 7) is 15.3. The van der Waals surface area contributed by atoms with Gasteiger partial charge in [0.15, 0.2) is 6.04 Å². The van der Waals surface area contributed by atoms with Crippen molar-refractivity contribution in [2.75, 3.05) is 6.61 Å². The predicted molar refractivity (Wildman–Crippen MR) is 137 cm³/mol. The van der Waals surface area contributed by atoms with Crippen LogP contribution in [0.2, 0.25) is 0 Å². The zero-order valence-electron chi connectivity index (χ0n) is 23.4. The van der Waals surface area contributed by atoms with Crippen molar-refractivity contribution in [3.8, 4) is 0 Å². The minimum atomic E-state index is -1.38. The van der Waals surface area contributed by atoms with Crippen molar-refractivity contribution in [3.63, 3.8) is 0 Å². The molecule has 10 heteroatoms. The first kappa shape index (κ1) is 31.9. The Kier molecular flexibility index (Phi) is 11.6. The summed E-state index contributed by atoms with van der Waals surface area (Å²) in [7, 11) is 0. The smallest absolute Gasteiger partial charge is 0.408 e. The largest absolute Gasteiger partial charge is 0.460 e. The summed E-state index contributed by atoms with van der Waals surface area (Å²) in [4.78, 5) is 51.0. The van der Waals surface area contributed by atoms with Crippen molar-refractivity contribution in [2.24, 2.45) is 0 Å². The van der Waals surface area contributed by atoms with Gasteiger partial charge >= 0.3 is 18.0 Å². The first-order chi connectivity index (χ1) is 16.8. The Balaban J connectivity index is 3.03. The van der Waals surface area contributed by atoms with E-state index in [0.717, 1.165) is 5.56 Å². The zero-order valence-corrected chi connectivity index (χ0v) is 23.4. The van der Waals surface area contributed by atoms with E-state index in [2.05, 4.69) is 10.6 Å². The van der Waals surface area contributed by atoms with Gasteiger partial charge < -0.3 is 29.6 Å². The highest BCUT2D eigenvalue weighted by molar-refractivity contribution is 5.92. The Bertz CT molecular complexity index is 911. The lowest BCUT2D eigenvalue weighted by Gasteiger charge is -2.28. The molecule has 10 nitrogen and oxygen atoms in total. The molecule has 0 radical (unpaired) electrons. The molecular formula is C27H42N2O8. The van der Waals surface area contributed by atoms with E-state index in [1.165, 1.54) is 0 Å². The number of alkyl carbamates (subject to hydrolysis) is 1. The fourth-order valence-electron chi connectivity index (χ4n) is 2.81. The Hall–Kier alpha value is -3.14. The second-order valence-corrected chi connectivity index (χ2v) is 11.6. The molecule has 0 bridgehead atoms. The third kappa shape index (κ3) is 14.9. The highest BCUT2D eigenvalue weighted by Crippen LogP contribution is 2.13. The van der Waals surface area contributed by atoms with Crippen LogP contribution < -0.4 is 10.6 Å². The van der Waals surface area contributed by atoms with Crippen LogP contribution in [0, 0.1) is 0 Å². The summed E-state index contributed by atoms with van der Waals surface area (Å²) in [6.07, 6.45) is -1.39. The molecule has 0 fully saturated rings. The number of benzene rings is 1. The molecular weight excluding hydrogens is 480 g/mol. The van der Waals surface area contributed by atoms with E-state index in [4.69, 9.17) is 18.9 Å². The molecule has 1 aromatic rings. The molecule has 0 aliphatic heterocycles. The molecule has 0 spiro atoms. The van der Waals surface area contributed by atoms with Gasteiger partial charge in [0.2, 0.25) is 5.91 Å². The van der Waals surface area contributed by atoms with Crippen LogP contribution in [0.5, 0.6) is 0 Å². The topological polar surface area (TPSA) is 129 Å². The van der Waals surface area contributed by atoms with E-state index >= 15 is 0 Å². The second-order valence-electron chi connectivity index (χ2n) is 11.6. The fourth-order valence-corrected chi connectivity index (χ4v) is 2.81. The molecule has 0 unspecified atom stereocenters. The first-order valence-corrected chi connectivity index (χ1v) is 12.2. The van der Waals surface area contributed by atoms with Gasteiger partial charge in [0, 0.05) is 0 Å². The summed E-state index contributed by atoms with van der Waals surface area (Å²) >= 11 is 0. The lowest BCUT2D eigenvalue weighted by atomic mass is 10.1. The molecule has 0 aliphatic rings. The number of hydrogen-bond donors (Lipinski definition) is 2. The number of carbonyl (C=O) groups excluding carboxylic acids is 4. The molecule has 0 heterocycles. The van der Waals surface area contributed by atoms with Gasteiger partial charge in [-0.05, 0) is 67.9 Å². The highest BCUT2D eigenvalue weighted by Gasteiger charge is 2.33. The third-order valence-electron chi connectivity index (χ3n) is 4.30. The van der Waals surface area contributed by atoms with Crippen LogP contribution in [0.15, 0.2) is 30.3 Å². The van der Waals surface area contributed by atoms with Gasteiger partial charge in [-0.1, -0.05) is 30.3 Å². The highest BCUT2D eigenvalue weighted by atomic mass is 16.6. The number of hydrogen-bond acceptors (Lipinski definition) is 8. The number of amides is 2. The maximum Gasteiger partial charge on any atom is 0.408 e. The van der Waals surface area contributed by atoms with Crippen molar-refractivity contribution in [1.82, 2.24) is 10.6 Å². The van der Waals surface area contributed by atoms with Gasteiger partial charge in [0.25, 0.3) is 0 Å². The minimum absolute atomic E-state index is 0.0343. The number of esters is 2. The summed E-state index contributed by atoms with van der Waals surface area (Å²) in [5, 5.41) is 4.94. The van der Waals surface area contributed by atoms with E-state index in [1.54, 1.807) is 86.6 Å². The van der Waals surface area contributed by atoms with Crippen molar-refractivity contribution >= 4 is 23.9 Å². The van der Waals surface area contributed by atoms with Crippen LogP contribution in [0.25, 0.3) is 0 Å². The molecule has 37 heavy (non-hydrogen) atoms. The lowest BCUT2D eigenvalue weighted by molar-refractivity contribution is -0.162. The second kappa shape index (κ2) is 13.4. The fraction of sp³-hybridized carbons (Fsp3) is 0.630. The van der Waals surface area contributed by atoms with Crippen LogP contribution >= 0.6 is 0 Å².